The van der Waals surface area contributed by atoms with Gasteiger partial charge >= 0.3 is 5.97 Å². The molecule has 0 aliphatic carbocycles. The summed E-state index contributed by atoms with van der Waals surface area (Å²) >= 11 is 1.20. The van der Waals surface area contributed by atoms with Crippen molar-refractivity contribution in [2.24, 2.45) is 0 Å². The monoisotopic (exact) mass is 381 g/mol. The van der Waals surface area contributed by atoms with Crippen molar-refractivity contribution in [2.75, 3.05) is 11.8 Å². The number of methoxy groups -OCH3 is 1. The summed E-state index contributed by atoms with van der Waals surface area (Å²) in [4.78, 5) is 12.5. The molecule has 0 spiro atoms. The Morgan fingerprint density at radius 2 is 2.00 bits per heavy atom. The van der Waals surface area contributed by atoms with Gasteiger partial charge in [-0.25, -0.2) is 13.2 Å². The summed E-state index contributed by atoms with van der Waals surface area (Å²) in [5, 5.41) is 1.82. The quantitative estimate of drug-likeness (QED) is 0.726. The summed E-state index contributed by atoms with van der Waals surface area (Å²) in [7, 11) is -2.51. The topological polar surface area (TPSA) is 72.5 Å². The number of hydrogen-bond donors (Lipinski definition) is 1. The van der Waals surface area contributed by atoms with E-state index in [4.69, 9.17) is 4.74 Å². The Hall–Kier alpha value is -1.86. The maximum absolute atomic E-state index is 12.9. The van der Waals surface area contributed by atoms with Crippen LogP contribution in [0.3, 0.4) is 0 Å². The first-order chi connectivity index (χ1) is 11.8. The van der Waals surface area contributed by atoms with Crippen LogP contribution in [-0.4, -0.2) is 21.5 Å². The number of nitrogens with one attached hydrogen (secondary N) is 1. The second kappa shape index (κ2) is 8.01. The predicted octanol–water partition coefficient (Wildman–Crippen LogP) is 4.29. The molecule has 0 unspecified atom stereocenters. The first kappa shape index (κ1) is 19.5. The van der Waals surface area contributed by atoms with Crippen molar-refractivity contribution >= 4 is 33.0 Å². The van der Waals surface area contributed by atoms with E-state index in [2.05, 4.69) is 11.6 Å². The van der Waals surface area contributed by atoms with Crippen LogP contribution < -0.4 is 4.72 Å². The summed E-state index contributed by atoms with van der Waals surface area (Å²) in [6.07, 6.45) is 2.59. The molecule has 0 aliphatic rings. The molecule has 136 valence electrons. The third-order valence-corrected chi connectivity index (χ3v) is 6.41. The van der Waals surface area contributed by atoms with E-state index in [0.717, 1.165) is 24.0 Å². The second-order valence-corrected chi connectivity index (χ2v) is 8.47. The molecule has 1 heterocycles. The molecule has 1 N–H and O–H groups in total. The number of benzene rings is 1. The van der Waals surface area contributed by atoms with Gasteiger partial charge in [0.05, 0.1) is 17.7 Å². The predicted molar refractivity (Wildman–Crippen MR) is 101 cm³/mol. The van der Waals surface area contributed by atoms with Gasteiger partial charge in [0, 0.05) is 0 Å². The SMILES string of the molecule is CCCCc1csc(C(=O)OC)c1NS(=O)(=O)c1ccc(C)cc1C. The highest BCUT2D eigenvalue weighted by Gasteiger charge is 2.24. The molecule has 0 radical (unpaired) electrons. The Kier molecular flexibility index (Phi) is 6.24. The lowest BCUT2D eigenvalue weighted by molar-refractivity contribution is 0.0607. The van der Waals surface area contributed by atoms with Crippen molar-refractivity contribution in [2.45, 2.75) is 44.9 Å². The van der Waals surface area contributed by atoms with E-state index in [1.807, 2.05) is 18.4 Å². The fraction of sp³-hybridized carbons (Fsp3) is 0.389. The maximum Gasteiger partial charge on any atom is 0.350 e. The van der Waals surface area contributed by atoms with Gasteiger partial charge in [0.2, 0.25) is 0 Å². The van der Waals surface area contributed by atoms with Crippen molar-refractivity contribution in [3.05, 3.63) is 45.1 Å². The molecular formula is C18H23NO4S2. The highest BCUT2D eigenvalue weighted by atomic mass is 32.2. The average molecular weight is 382 g/mol. The van der Waals surface area contributed by atoms with Crippen LogP contribution in [0, 0.1) is 13.8 Å². The van der Waals surface area contributed by atoms with Crippen molar-refractivity contribution in [3.8, 4) is 0 Å². The molecule has 5 nitrogen and oxygen atoms in total. The van der Waals surface area contributed by atoms with E-state index in [0.29, 0.717) is 17.7 Å². The number of esters is 1. The van der Waals surface area contributed by atoms with Gasteiger partial charge in [-0.15, -0.1) is 11.3 Å². The lowest BCUT2D eigenvalue weighted by atomic mass is 10.1. The molecule has 0 atom stereocenters. The number of ether oxygens (including phenoxy) is 1. The van der Waals surface area contributed by atoms with Crippen LogP contribution in [0.1, 0.15) is 46.1 Å². The fourth-order valence-electron chi connectivity index (χ4n) is 2.59. The zero-order valence-electron chi connectivity index (χ0n) is 14.9. The molecule has 1 aromatic carbocycles. The highest BCUT2D eigenvalue weighted by molar-refractivity contribution is 7.92. The number of sulfonamides is 1. The number of anilines is 1. The Labute approximate surface area is 153 Å². The van der Waals surface area contributed by atoms with Gasteiger partial charge in [0.1, 0.15) is 4.88 Å². The number of carbonyl (C=O) groups excluding carboxylic acids is 1. The molecular weight excluding hydrogens is 358 g/mol. The van der Waals surface area contributed by atoms with Crippen molar-refractivity contribution in [1.29, 1.82) is 0 Å². The second-order valence-electron chi connectivity index (χ2n) is 5.93. The molecule has 0 fully saturated rings. The molecule has 25 heavy (non-hydrogen) atoms. The molecule has 0 saturated carbocycles. The minimum Gasteiger partial charge on any atom is -0.465 e. The first-order valence-electron chi connectivity index (χ1n) is 8.09. The molecule has 0 aliphatic heterocycles. The number of hydrogen-bond acceptors (Lipinski definition) is 5. The lowest BCUT2D eigenvalue weighted by Gasteiger charge is -2.13. The van der Waals surface area contributed by atoms with E-state index in [1.54, 1.807) is 19.1 Å². The maximum atomic E-state index is 12.9. The molecule has 2 aromatic rings. The van der Waals surface area contributed by atoms with Gasteiger partial charge in [0.15, 0.2) is 0 Å². The lowest BCUT2D eigenvalue weighted by Crippen LogP contribution is -2.17. The number of unbranched alkanes of at least 4 members (excludes halogenated alkanes) is 1. The number of aryl methyl sites for hydroxylation is 3. The molecule has 7 heteroatoms. The van der Waals surface area contributed by atoms with Crippen molar-refractivity contribution < 1.29 is 17.9 Å². The van der Waals surface area contributed by atoms with Crippen molar-refractivity contribution in [3.63, 3.8) is 0 Å². The minimum absolute atomic E-state index is 0.210. The first-order valence-corrected chi connectivity index (χ1v) is 10.4. The summed E-state index contributed by atoms with van der Waals surface area (Å²) in [5.74, 6) is -0.536. The summed E-state index contributed by atoms with van der Waals surface area (Å²) < 4.78 is 33.1. The normalized spacial score (nSPS) is 11.4. The molecule has 0 saturated heterocycles. The minimum atomic E-state index is -3.79. The Morgan fingerprint density at radius 3 is 2.60 bits per heavy atom. The van der Waals surface area contributed by atoms with Crippen LogP contribution >= 0.6 is 11.3 Å². The smallest absolute Gasteiger partial charge is 0.350 e. The third kappa shape index (κ3) is 4.41. The summed E-state index contributed by atoms with van der Waals surface area (Å²) in [5.41, 5.74) is 2.81. The van der Waals surface area contributed by atoms with E-state index < -0.39 is 16.0 Å². The van der Waals surface area contributed by atoms with Gasteiger partial charge < -0.3 is 4.74 Å². The largest absolute Gasteiger partial charge is 0.465 e. The van der Waals surface area contributed by atoms with E-state index in [9.17, 15) is 13.2 Å². The van der Waals surface area contributed by atoms with Gasteiger partial charge in [0.25, 0.3) is 10.0 Å². The van der Waals surface area contributed by atoms with Gasteiger partial charge in [-0.2, -0.15) is 0 Å². The summed E-state index contributed by atoms with van der Waals surface area (Å²) in [6.45, 7) is 5.73. The van der Waals surface area contributed by atoms with E-state index >= 15 is 0 Å². The third-order valence-electron chi connectivity index (χ3n) is 3.89. The van der Waals surface area contributed by atoms with Crippen LogP contribution in [0.25, 0.3) is 0 Å². The summed E-state index contributed by atoms with van der Waals surface area (Å²) in [6, 6.07) is 5.17. The van der Waals surface area contributed by atoms with Crippen LogP contribution in [0.15, 0.2) is 28.5 Å². The number of thiophene rings is 1. The number of rotatable bonds is 7. The standard InChI is InChI=1S/C18H23NO4S2/c1-5-6-7-14-11-24-17(18(20)23-4)16(14)19-25(21,22)15-9-8-12(2)10-13(15)3/h8-11,19H,5-7H2,1-4H3. The van der Waals surface area contributed by atoms with Crippen LogP contribution in [0.2, 0.25) is 0 Å². The van der Waals surface area contributed by atoms with Crippen molar-refractivity contribution in [1.82, 2.24) is 0 Å². The Morgan fingerprint density at radius 1 is 1.28 bits per heavy atom. The molecule has 0 bridgehead atoms. The highest BCUT2D eigenvalue weighted by Crippen LogP contribution is 2.32. The van der Waals surface area contributed by atoms with Crippen LogP contribution in [0.4, 0.5) is 5.69 Å². The Balaban J connectivity index is 2.46. The molecule has 0 amide bonds. The zero-order valence-corrected chi connectivity index (χ0v) is 16.5. The van der Waals surface area contributed by atoms with E-state index in [-0.39, 0.29) is 9.77 Å². The van der Waals surface area contributed by atoms with Gasteiger partial charge in [-0.1, -0.05) is 31.0 Å². The van der Waals surface area contributed by atoms with E-state index in [1.165, 1.54) is 18.4 Å². The Bertz CT molecular complexity index is 869. The average Bonchev–Trinajstić information content (AvgIpc) is 2.93. The van der Waals surface area contributed by atoms with Crippen LogP contribution in [0.5, 0.6) is 0 Å². The fourth-order valence-corrected chi connectivity index (χ4v) is 4.97. The zero-order chi connectivity index (χ0) is 18.6. The molecule has 2 rings (SSSR count). The van der Waals surface area contributed by atoms with Gasteiger partial charge in [-0.05, 0) is 49.3 Å². The van der Waals surface area contributed by atoms with Gasteiger partial charge in [-0.3, -0.25) is 4.72 Å². The number of carbonyl (C=O) groups is 1. The molecule has 1 aromatic heterocycles. The van der Waals surface area contributed by atoms with Crippen LogP contribution in [-0.2, 0) is 21.2 Å².